The number of carbonyl (C=O) groups excluding carboxylic acids is 1. The van der Waals surface area contributed by atoms with Crippen LogP contribution in [0.4, 0.5) is 16.2 Å². The zero-order valence-corrected chi connectivity index (χ0v) is 19.4. The third kappa shape index (κ3) is 5.17. The van der Waals surface area contributed by atoms with Crippen LogP contribution in [-0.4, -0.2) is 51.9 Å². The summed E-state index contributed by atoms with van der Waals surface area (Å²) >= 11 is 12.0. The van der Waals surface area contributed by atoms with Crippen molar-refractivity contribution in [3.05, 3.63) is 52.0 Å². The summed E-state index contributed by atoms with van der Waals surface area (Å²) in [6, 6.07) is 9.14. The van der Waals surface area contributed by atoms with Crippen LogP contribution in [0.5, 0.6) is 0 Å². The second-order valence-corrected chi connectivity index (χ2v) is 10.8. The van der Waals surface area contributed by atoms with Gasteiger partial charge >= 0.3 is 13.6 Å². The lowest BCUT2D eigenvalue weighted by molar-refractivity contribution is 0.224. The number of benzene rings is 2. The van der Waals surface area contributed by atoms with Crippen molar-refractivity contribution in [2.45, 2.75) is 11.3 Å². The predicted octanol–water partition coefficient (Wildman–Crippen LogP) is 3.70. The van der Waals surface area contributed by atoms with Gasteiger partial charge in [-0.15, -0.1) is 0 Å². The Morgan fingerprint density at radius 1 is 1.17 bits per heavy atom. The Kier molecular flexibility index (Phi) is 6.81. The second kappa shape index (κ2) is 8.86. The number of fused-ring (bicyclic) bond motifs is 1. The zero-order valence-electron chi connectivity index (χ0n) is 16.2. The molecule has 1 atom stereocenters. The summed E-state index contributed by atoms with van der Waals surface area (Å²) in [6.07, 6.45) is -0.189. The highest BCUT2D eigenvalue weighted by molar-refractivity contribution is 7.87. The summed E-state index contributed by atoms with van der Waals surface area (Å²) in [5.74, 6) is 0. The summed E-state index contributed by atoms with van der Waals surface area (Å²) in [5, 5.41) is 0.516. The van der Waals surface area contributed by atoms with Gasteiger partial charge in [0, 0.05) is 36.4 Å². The lowest BCUT2D eigenvalue weighted by atomic mass is 10.1. The maximum atomic E-state index is 13.2. The first-order valence-corrected chi connectivity index (χ1v) is 12.4. The highest BCUT2D eigenvalue weighted by atomic mass is 35.5. The van der Waals surface area contributed by atoms with E-state index >= 15 is 0 Å². The van der Waals surface area contributed by atoms with Crippen molar-refractivity contribution in [1.82, 2.24) is 4.90 Å². The molecule has 162 valence electrons. The molecule has 0 radical (unpaired) electrons. The molecule has 2 aromatic rings. The van der Waals surface area contributed by atoms with Gasteiger partial charge in [0.2, 0.25) is 0 Å². The monoisotopic (exact) mass is 491 g/mol. The summed E-state index contributed by atoms with van der Waals surface area (Å²) in [4.78, 5) is 34.7. The number of nitrogens with zero attached hydrogens (tertiary/aromatic N) is 3. The SMILES string of the molecule is CN(C)C(=O)N1CCc2cc(N(CP(=O)(O)O)S(=O)c3cc(Cl)cc(Cl)c3)ccc21. The maximum Gasteiger partial charge on any atom is 0.345 e. The average molecular weight is 492 g/mol. The van der Waals surface area contributed by atoms with Gasteiger partial charge < -0.3 is 14.7 Å². The predicted molar refractivity (Wildman–Crippen MR) is 119 cm³/mol. The zero-order chi connectivity index (χ0) is 22.2. The van der Waals surface area contributed by atoms with Crippen LogP contribution >= 0.6 is 30.8 Å². The largest absolute Gasteiger partial charge is 0.345 e. The molecule has 3 rings (SSSR count). The molecule has 1 aliphatic heterocycles. The fourth-order valence-corrected chi connectivity index (χ4v) is 6.18. The van der Waals surface area contributed by atoms with Crippen molar-refractivity contribution in [3.63, 3.8) is 0 Å². The van der Waals surface area contributed by atoms with Gasteiger partial charge in [0.05, 0.1) is 10.6 Å². The minimum Gasteiger partial charge on any atom is -0.330 e. The molecule has 2 N–H and O–H groups in total. The molecule has 1 unspecified atom stereocenters. The minimum atomic E-state index is -4.55. The van der Waals surface area contributed by atoms with Crippen LogP contribution in [0.15, 0.2) is 41.3 Å². The third-order valence-corrected chi connectivity index (χ3v) is 7.07. The van der Waals surface area contributed by atoms with E-state index < -0.39 is 24.9 Å². The molecule has 0 fully saturated rings. The van der Waals surface area contributed by atoms with Crippen LogP contribution < -0.4 is 9.21 Å². The molecule has 2 amide bonds. The van der Waals surface area contributed by atoms with Crippen LogP contribution in [0.3, 0.4) is 0 Å². The first kappa shape index (κ1) is 23.1. The van der Waals surface area contributed by atoms with Gasteiger partial charge in [-0.25, -0.2) is 9.00 Å². The van der Waals surface area contributed by atoms with E-state index in [9.17, 15) is 23.4 Å². The molecule has 12 heteroatoms. The smallest absolute Gasteiger partial charge is 0.330 e. The van der Waals surface area contributed by atoms with Crippen molar-refractivity contribution >= 4 is 59.2 Å². The van der Waals surface area contributed by atoms with Crippen molar-refractivity contribution < 1.29 is 23.4 Å². The summed E-state index contributed by atoms with van der Waals surface area (Å²) in [7, 11) is -3.20. The van der Waals surface area contributed by atoms with Crippen molar-refractivity contribution in [2.24, 2.45) is 0 Å². The highest BCUT2D eigenvalue weighted by Gasteiger charge is 2.30. The van der Waals surface area contributed by atoms with E-state index in [-0.39, 0.29) is 21.0 Å². The Balaban J connectivity index is 2.00. The summed E-state index contributed by atoms with van der Waals surface area (Å²) in [5.41, 5.74) is 1.88. The molecule has 0 bridgehead atoms. The number of amides is 2. The minimum absolute atomic E-state index is 0.161. The Morgan fingerprint density at radius 2 is 1.80 bits per heavy atom. The van der Waals surface area contributed by atoms with Gasteiger partial charge in [-0.2, -0.15) is 0 Å². The maximum absolute atomic E-state index is 13.2. The molecule has 0 aromatic heterocycles. The Labute approximate surface area is 186 Å². The van der Waals surface area contributed by atoms with Crippen LogP contribution in [0, 0.1) is 0 Å². The van der Waals surface area contributed by atoms with Crippen molar-refractivity contribution in [3.8, 4) is 0 Å². The lowest BCUT2D eigenvalue weighted by Crippen LogP contribution is -2.38. The van der Waals surface area contributed by atoms with E-state index in [1.165, 1.54) is 23.1 Å². The molecule has 0 saturated carbocycles. The molecule has 1 aliphatic rings. The number of urea groups is 1. The Bertz CT molecular complexity index is 1040. The second-order valence-electron chi connectivity index (χ2n) is 6.93. The number of rotatable bonds is 5. The van der Waals surface area contributed by atoms with Gasteiger partial charge in [0.1, 0.15) is 6.29 Å². The van der Waals surface area contributed by atoms with Crippen LogP contribution in [0.1, 0.15) is 5.56 Å². The quantitative estimate of drug-likeness (QED) is 0.620. The van der Waals surface area contributed by atoms with Crippen molar-refractivity contribution in [2.75, 3.05) is 36.1 Å². The van der Waals surface area contributed by atoms with E-state index in [0.717, 1.165) is 9.87 Å². The first-order valence-electron chi connectivity index (χ1n) is 8.78. The molecule has 0 spiro atoms. The van der Waals surface area contributed by atoms with Gasteiger partial charge in [-0.3, -0.25) is 13.8 Å². The summed E-state index contributed by atoms with van der Waals surface area (Å²) < 4.78 is 26.0. The Hall–Kier alpha value is -1.61. The fraction of sp³-hybridized carbons (Fsp3) is 0.278. The topological polar surface area (TPSA) is 101 Å². The number of halogens is 2. The number of hydrogen-bond acceptors (Lipinski definition) is 3. The van der Waals surface area contributed by atoms with E-state index in [1.54, 1.807) is 37.2 Å². The molecule has 30 heavy (non-hydrogen) atoms. The highest BCUT2D eigenvalue weighted by Crippen LogP contribution is 2.40. The van der Waals surface area contributed by atoms with Crippen LogP contribution in [0.25, 0.3) is 0 Å². The van der Waals surface area contributed by atoms with Gasteiger partial charge in [-0.05, 0) is 48.4 Å². The number of carbonyl (C=O) groups is 1. The molecular weight excluding hydrogens is 472 g/mol. The molecular formula is C18H20Cl2N3O5PS. The van der Waals surface area contributed by atoms with Crippen LogP contribution in [0.2, 0.25) is 10.0 Å². The normalized spacial score (nSPS) is 14.4. The van der Waals surface area contributed by atoms with E-state index in [4.69, 9.17) is 23.2 Å². The average Bonchev–Trinajstić information content (AvgIpc) is 3.06. The standard InChI is InChI=1S/C18H20Cl2N3O5PS/c1-21(2)18(24)22-6-5-12-7-15(3-4-17(12)22)23(11-29(25,26)27)30(28)16-9-13(19)8-14(20)10-16/h3-4,7-10H,5-6,11H2,1-2H3,(H2,25,26,27). The fourth-order valence-electron chi connectivity index (χ4n) is 3.14. The molecule has 8 nitrogen and oxygen atoms in total. The van der Waals surface area contributed by atoms with Gasteiger partial charge in [-0.1, -0.05) is 23.2 Å². The van der Waals surface area contributed by atoms with E-state index in [1.807, 2.05) is 0 Å². The van der Waals surface area contributed by atoms with Crippen molar-refractivity contribution in [1.29, 1.82) is 0 Å². The molecule has 2 aromatic carbocycles. The summed E-state index contributed by atoms with van der Waals surface area (Å²) in [6.45, 7) is 0.487. The Morgan fingerprint density at radius 3 is 2.37 bits per heavy atom. The molecule has 0 aliphatic carbocycles. The lowest BCUT2D eigenvalue weighted by Gasteiger charge is -2.25. The number of anilines is 2. The molecule has 1 heterocycles. The van der Waals surface area contributed by atoms with E-state index in [2.05, 4.69) is 0 Å². The third-order valence-electron chi connectivity index (χ3n) is 4.41. The number of hydrogen-bond donors (Lipinski definition) is 2. The van der Waals surface area contributed by atoms with Crippen LogP contribution in [-0.2, 0) is 22.0 Å². The van der Waals surface area contributed by atoms with E-state index in [0.29, 0.717) is 24.3 Å². The van der Waals surface area contributed by atoms with Gasteiger partial charge in [0.15, 0.2) is 11.0 Å². The molecule has 0 saturated heterocycles. The van der Waals surface area contributed by atoms with Gasteiger partial charge in [0.25, 0.3) is 0 Å². The first-order chi connectivity index (χ1) is 14.0.